The van der Waals surface area contributed by atoms with Crippen LogP contribution in [-0.4, -0.2) is 32.9 Å². The van der Waals surface area contributed by atoms with Crippen LogP contribution in [0.3, 0.4) is 0 Å². The maximum Gasteiger partial charge on any atom is 0.234 e. The molecule has 0 spiro atoms. The van der Waals surface area contributed by atoms with Gasteiger partial charge in [-0.2, -0.15) is 9.61 Å². The number of rotatable bonds is 3. The highest BCUT2D eigenvalue weighted by Gasteiger charge is 2.36. The average molecular weight is 251 g/mol. The molecule has 0 aliphatic carbocycles. The van der Waals surface area contributed by atoms with E-state index in [1.165, 1.54) is 30.7 Å². The smallest absolute Gasteiger partial charge is 0.234 e. The molecule has 1 fully saturated rings. The van der Waals surface area contributed by atoms with Crippen molar-refractivity contribution < 1.29 is 0 Å². The lowest BCUT2D eigenvalue weighted by molar-refractivity contribution is 0.282. The number of hydrogen-bond donors (Lipinski definition) is 1. The van der Waals surface area contributed by atoms with E-state index in [0.717, 1.165) is 18.1 Å². The molecule has 2 aromatic heterocycles. The molecule has 17 heavy (non-hydrogen) atoms. The molecular formula is C11H17N5S. The van der Waals surface area contributed by atoms with Crippen molar-refractivity contribution >= 4 is 16.3 Å². The minimum absolute atomic E-state index is 0.269. The SMILES string of the molecule is CCCC1(c2nn3cnnc3s2)CCNCC1. The van der Waals surface area contributed by atoms with Gasteiger partial charge in [-0.3, -0.25) is 0 Å². The van der Waals surface area contributed by atoms with E-state index in [4.69, 9.17) is 0 Å². The van der Waals surface area contributed by atoms with Crippen LogP contribution in [0.15, 0.2) is 6.33 Å². The Labute approximate surface area is 104 Å². The zero-order valence-corrected chi connectivity index (χ0v) is 10.8. The van der Waals surface area contributed by atoms with Crippen molar-refractivity contribution in [3.05, 3.63) is 11.3 Å². The summed E-state index contributed by atoms with van der Waals surface area (Å²) < 4.78 is 1.81. The molecule has 3 rings (SSSR count). The van der Waals surface area contributed by atoms with E-state index in [1.54, 1.807) is 22.2 Å². The molecule has 0 radical (unpaired) electrons. The highest BCUT2D eigenvalue weighted by atomic mass is 32.1. The molecule has 0 unspecified atom stereocenters. The minimum atomic E-state index is 0.269. The molecule has 0 bridgehead atoms. The van der Waals surface area contributed by atoms with Gasteiger partial charge in [-0.25, -0.2) is 0 Å². The van der Waals surface area contributed by atoms with Crippen molar-refractivity contribution in [2.45, 2.75) is 38.0 Å². The first-order chi connectivity index (χ1) is 8.34. The summed E-state index contributed by atoms with van der Waals surface area (Å²) in [5, 5.41) is 17.3. The molecule has 1 aliphatic rings. The van der Waals surface area contributed by atoms with Crippen molar-refractivity contribution in [1.82, 2.24) is 25.1 Å². The lowest BCUT2D eigenvalue weighted by Gasteiger charge is -2.35. The van der Waals surface area contributed by atoms with Gasteiger partial charge in [0.2, 0.25) is 4.96 Å². The Hall–Kier alpha value is -1.01. The monoisotopic (exact) mass is 251 g/mol. The number of piperidine rings is 1. The summed E-state index contributed by atoms with van der Waals surface area (Å²) in [6, 6.07) is 0. The molecule has 0 amide bonds. The van der Waals surface area contributed by atoms with E-state index >= 15 is 0 Å². The lowest BCUT2D eigenvalue weighted by atomic mass is 9.76. The van der Waals surface area contributed by atoms with E-state index < -0.39 is 0 Å². The van der Waals surface area contributed by atoms with Crippen LogP contribution < -0.4 is 5.32 Å². The summed E-state index contributed by atoms with van der Waals surface area (Å²) in [5.41, 5.74) is 0.269. The van der Waals surface area contributed by atoms with Crippen LogP contribution in [0.1, 0.15) is 37.6 Å². The second-order valence-corrected chi connectivity index (χ2v) is 5.70. The second kappa shape index (κ2) is 4.34. The summed E-state index contributed by atoms with van der Waals surface area (Å²) in [6.07, 6.45) is 6.49. The molecule has 6 heteroatoms. The summed E-state index contributed by atoms with van der Waals surface area (Å²) in [7, 11) is 0. The highest BCUT2D eigenvalue weighted by molar-refractivity contribution is 7.16. The molecule has 0 saturated carbocycles. The van der Waals surface area contributed by atoms with Crippen molar-refractivity contribution in [3.63, 3.8) is 0 Å². The van der Waals surface area contributed by atoms with Crippen LogP contribution in [0.5, 0.6) is 0 Å². The fourth-order valence-corrected chi connectivity index (χ4v) is 3.82. The molecule has 5 nitrogen and oxygen atoms in total. The van der Waals surface area contributed by atoms with Gasteiger partial charge in [-0.1, -0.05) is 24.7 Å². The van der Waals surface area contributed by atoms with E-state index in [-0.39, 0.29) is 5.41 Å². The third kappa shape index (κ3) is 1.85. The number of nitrogens with zero attached hydrogens (tertiary/aromatic N) is 4. The molecule has 3 heterocycles. The molecule has 1 saturated heterocycles. The summed E-state index contributed by atoms with van der Waals surface area (Å²) >= 11 is 1.70. The van der Waals surface area contributed by atoms with Crippen LogP contribution in [-0.2, 0) is 5.41 Å². The number of fused-ring (bicyclic) bond motifs is 1. The number of aromatic nitrogens is 4. The normalized spacial score (nSPS) is 19.8. The van der Waals surface area contributed by atoms with Crippen LogP contribution in [0, 0.1) is 0 Å². The standard InChI is InChI=1S/C11H17N5S/c1-2-3-11(4-6-12-7-5-11)9-15-16-8-13-14-10(16)17-9/h8,12H,2-7H2,1H3. The van der Waals surface area contributed by atoms with Gasteiger partial charge in [0.25, 0.3) is 0 Å². The molecule has 2 aromatic rings. The van der Waals surface area contributed by atoms with Gasteiger partial charge in [-0.05, 0) is 32.4 Å². The average Bonchev–Trinajstić information content (AvgIpc) is 2.90. The Kier molecular flexibility index (Phi) is 2.84. The Morgan fingerprint density at radius 3 is 3.00 bits per heavy atom. The van der Waals surface area contributed by atoms with Crippen molar-refractivity contribution in [3.8, 4) is 0 Å². The first-order valence-electron chi connectivity index (χ1n) is 6.22. The highest BCUT2D eigenvalue weighted by Crippen LogP contribution is 2.39. The number of hydrogen-bond acceptors (Lipinski definition) is 5. The van der Waals surface area contributed by atoms with Crippen LogP contribution >= 0.6 is 11.3 Å². The Morgan fingerprint density at radius 1 is 1.47 bits per heavy atom. The van der Waals surface area contributed by atoms with Gasteiger partial charge in [0.1, 0.15) is 11.3 Å². The Bertz CT molecular complexity index is 463. The van der Waals surface area contributed by atoms with Gasteiger partial charge in [-0.15, -0.1) is 10.2 Å². The van der Waals surface area contributed by atoms with Crippen molar-refractivity contribution in [2.24, 2.45) is 0 Å². The Morgan fingerprint density at radius 2 is 2.29 bits per heavy atom. The first kappa shape index (κ1) is 11.1. The van der Waals surface area contributed by atoms with Gasteiger partial charge in [0.15, 0.2) is 0 Å². The lowest BCUT2D eigenvalue weighted by Crippen LogP contribution is -2.39. The number of nitrogens with one attached hydrogen (secondary N) is 1. The Balaban J connectivity index is 1.99. The summed E-state index contributed by atoms with van der Waals surface area (Å²) in [5.74, 6) is 0. The van der Waals surface area contributed by atoms with E-state index in [2.05, 4.69) is 27.5 Å². The molecule has 1 aliphatic heterocycles. The minimum Gasteiger partial charge on any atom is -0.317 e. The third-order valence-electron chi connectivity index (χ3n) is 3.63. The van der Waals surface area contributed by atoms with E-state index in [1.807, 2.05) is 0 Å². The van der Waals surface area contributed by atoms with E-state index in [9.17, 15) is 0 Å². The van der Waals surface area contributed by atoms with Crippen LogP contribution in [0.25, 0.3) is 4.96 Å². The quantitative estimate of drug-likeness (QED) is 0.900. The maximum absolute atomic E-state index is 4.67. The first-order valence-corrected chi connectivity index (χ1v) is 7.04. The van der Waals surface area contributed by atoms with Gasteiger partial charge in [0, 0.05) is 5.41 Å². The largest absolute Gasteiger partial charge is 0.317 e. The van der Waals surface area contributed by atoms with Gasteiger partial charge < -0.3 is 5.32 Å². The third-order valence-corrected chi connectivity index (χ3v) is 4.79. The fraction of sp³-hybridized carbons (Fsp3) is 0.727. The molecule has 0 atom stereocenters. The fourth-order valence-electron chi connectivity index (χ4n) is 2.73. The topological polar surface area (TPSA) is 55.1 Å². The van der Waals surface area contributed by atoms with Crippen molar-refractivity contribution in [1.29, 1.82) is 0 Å². The van der Waals surface area contributed by atoms with Crippen LogP contribution in [0.2, 0.25) is 0 Å². The predicted octanol–water partition coefficient (Wildman–Crippen LogP) is 1.61. The zero-order valence-electron chi connectivity index (χ0n) is 10.0. The van der Waals surface area contributed by atoms with Crippen LogP contribution in [0.4, 0.5) is 0 Å². The molecule has 92 valence electrons. The van der Waals surface area contributed by atoms with E-state index in [0.29, 0.717) is 0 Å². The molecule has 1 N–H and O–H groups in total. The summed E-state index contributed by atoms with van der Waals surface area (Å²) in [6.45, 7) is 4.45. The second-order valence-electron chi connectivity index (χ2n) is 4.75. The van der Waals surface area contributed by atoms with Crippen molar-refractivity contribution in [2.75, 3.05) is 13.1 Å². The van der Waals surface area contributed by atoms with Gasteiger partial charge >= 0.3 is 0 Å². The maximum atomic E-state index is 4.67. The predicted molar refractivity (Wildman–Crippen MR) is 67.3 cm³/mol. The van der Waals surface area contributed by atoms with Gasteiger partial charge in [0.05, 0.1) is 0 Å². The molecular weight excluding hydrogens is 234 g/mol. The zero-order chi connectivity index (χ0) is 11.7. The molecule has 0 aromatic carbocycles. The summed E-state index contributed by atoms with van der Waals surface area (Å²) in [4.78, 5) is 0.911.